The maximum atomic E-state index is 8.65. The number of aliphatic hydroxyl groups is 1. The summed E-state index contributed by atoms with van der Waals surface area (Å²) < 4.78 is 0. The molecule has 1 saturated heterocycles. The zero-order chi connectivity index (χ0) is 8.81. The molecule has 0 spiro atoms. The molecule has 12 heavy (non-hydrogen) atoms. The second-order valence-corrected chi connectivity index (χ2v) is 4.70. The SMILES string of the molecule is NC(CCCO)C1CCSCC1. The molecule has 0 aromatic rings. The van der Waals surface area contributed by atoms with Crippen molar-refractivity contribution in [3.63, 3.8) is 0 Å². The molecule has 1 unspecified atom stereocenters. The summed E-state index contributed by atoms with van der Waals surface area (Å²) >= 11 is 2.03. The number of aliphatic hydroxyl groups excluding tert-OH is 1. The summed E-state index contributed by atoms with van der Waals surface area (Å²) in [5.74, 6) is 3.27. The van der Waals surface area contributed by atoms with E-state index in [0.29, 0.717) is 6.04 Å². The van der Waals surface area contributed by atoms with Crippen LogP contribution in [0.15, 0.2) is 0 Å². The van der Waals surface area contributed by atoms with Crippen LogP contribution in [-0.2, 0) is 0 Å². The van der Waals surface area contributed by atoms with Crippen LogP contribution in [0.1, 0.15) is 25.7 Å². The minimum Gasteiger partial charge on any atom is -0.396 e. The van der Waals surface area contributed by atoms with Crippen molar-refractivity contribution >= 4 is 11.8 Å². The van der Waals surface area contributed by atoms with Gasteiger partial charge in [-0.05, 0) is 43.1 Å². The molecular weight excluding hydrogens is 170 g/mol. The van der Waals surface area contributed by atoms with Crippen molar-refractivity contribution in [3.8, 4) is 0 Å². The second kappa shape index (κ2) is 5.84. The van der Waals surface area contributed by atoms with Gasteiger partial charge in [0.05, 0.1) is 0 Å². The fourth-order valence-corrected chi connectivity index (χ4v) is 2.85. The summed E-state index contributed by atoms with van der Waals surface area (Å²) in [5.41, 5.74) is 6.01. The zero-order valence-corrected chi connectivity index (χ0v) is 8.35. The van der Waals surface area contributed by atoms with Gasteiger partial charge in [0.15, 0.2) is 0 Å². The lowest BCUT2D eigenvalue weighted by atomic mass is 9.91. The number of hydrogen-bond donors (Lipinski definition) is 2. The van der Waals surface area contributed by atoms with Crippen LogP contribution in [0.25, 0.3) is 0 Å². The van der Waals surface area contributed by atoms with Crippen molar-refractivity contribution in [1.82, 2.24) is 0 Å². The summed E-state index contributed by atoms with van der Waals surface area (Å²) in [4.78, 5) is 0. The van der Waals surface area contributed by atoms with Gasteiger partial charge in [0.25, 0.3) is 0 Å². The van der Waals surface area contributed by atoms with Crippen LogP contribution in [0.5, 0.6) is 0 Å². The maximum Gasteiger partial charge on any atom is 0.0431 e. The van der Waals surface area contributed by atoms with Gasteiger partial charge in [0.1, 0.15) is 0 Å². The molecule has 0 radical (unpaired) electrons. The van der Waals surface area contributed by atoms with Crippen LogP contribution in [-0.4, -0.2) is 29.3 Å². The van der Waals surface area contributed by atoms with E-state index in [-0.39, 0.29) is 6.61 Å². The van der Waals surface area contributed by atoms with Gasteiger partial charge in [-0.2, -0.15) is 11.8 Å². The van der Waals surface area contributed by atoms with Crippen LogP contribution < -0.4 is 5.73 Å². The Bertz CT molecular complexity index is 115. The van der Waals surface area contributed by atoms with Crippen LogP contribution in [0.3, 0.4) is 0 Å². The Morgan fingerprint density at radius 2 is 2.08 bits per heavy atom. The summed E-state index contributed by atoms with van der Waals surface area (Å²) in [7, 11) is 0. The van der Waals surface area contributed by atoms with Gasteiger partial charge in [-0.1, -0.05) is 0 Å². The highest BCUT2D eigenvalue weighted by atomic mass is 32.2. The van der Waals surface area contributed by atoms with Crippen LogP contribution >= 0.6 is 11.8 Å². The van der Waals surface area contributed by atoms with Crippen molar-refractivity contribution in [2.75, 3.05) is 18.1 Å². The van der Waals surface area contributed by atoms with E-state index in [9.17, 15) is 0 Å². The Kier molecular flexibility index (Phi) is 5.04. The van der Waals surface area contributed by atoms with Crippen molar-refractivity contribution in [2.24, 2.45) is 11.7 Å². The molecule has 0 aromatic carbocycles. The summed E-state index contributed by atoms with van der Waals surface area (Å²) in [6.45, 7) is 0.287. The van der Waals surface area contributed by atoms with Crippen LogP contribution in [0, 0.1) is 5.92 Å². The fourth-order valence-electron chi connectivity index (χ4n) is 1.71. The highest BCUT2D eigenvalue weighted by Crippen LogP contribution is 2.25. The van der Waals surface area contributed by atoms with Crippen LogP contribution in [0.2, 0.25) is 0 Å². The summed E-state index contributed by atoms with van der Waals surface area (Å²) in [6, 6.07) is 0.332. The van der Waals surface area contributed by atoms with E-state index in [2.05, 4.69) is 0 Å². The van der Waals surface area contributed by atoms with Gasteiger partial charge in [0.2, 0.25) is 0 Å². The van der Waals surface area contributed by atoms with Crippen molar-refractivity contribution in [3.05, 3.63) is 0 Å². The third-order valence-corrected chi connectivity index (χ3v) is 3.62. The first kappa shape index (κ1) is 10.4. The number of thioether (sulfide) groups is 1. The first-order chi connectivity index (χ1) is 5.84. The molecule has 3 N–H and O–H groups in total. The zero-order valence-electron chi connectivity index (χ0n) is 7.54. The Balaban J connectivity index is 2.15. The molecule has 1 atom stereocenters. The highest BCUT2D eigenvalue weighted by molar-refractivity contribution is 7.99. The van der Waals surface area contributed by atoms with Crippen molar-refractivity contribution in [1.29, 1.82) is 0 Å². The van der Waals surface area contributed by atoms with Crippen LogP contribution in [0.4, 0.5) is 0 Å². The quantitative estimate of drug-likeness (QED) is 0.699. The lowest BCUT2D eigenvalue weighted by molar-refractivity contribution is 0.266. The normalized spacial score (nSPS) is 22.5. The van der Waals surface area contributed by atoms with E-state index in [1.807, 2.05) is 11.8 Å². The van der Waals surface area contributed by atoms with E-state index in [0.717, 1.165) is 18.8 Å². The molecule has 2 nitrogen and oxygen atoms in total. The van der Waals surface area contributed by atoms with Gasteiger partial charge >= 0.3 is 0 Å². The monoisotopic (exact) mass is 189 g/mol. The standard InChI is InChI=1S/C9H19NOS/c10-9(2-1-5-11)8-3-6-12-7-4-8/h8-9,11H,1-7,10H2. The average Bonchev–Trinajstić information content (AvgIpc) is 2.15. The second-order valence-electron chi connectivity index (χ2n) is 3.48. The van der Waals surface area contributed by atoms with Gasteiger partial charge < -0.3 is 10.8 Å². The van der Waals surface area contributed by atoms with Gasteiger partial charge in [-0.3, -0.25) is 0 Å². The Labute approximate surface area is 78.9 Å². The molecule has 0 aromatic heterocycles. The average molecular weight is 189 g/mol. The third kappa shape index (κ3) is 3.33. The topological polar surface area (TPSA) is 46.2 Å². The minimum atomic E-state index is 0.287. The number of hydrogen-bond acceptors (Lipinski definition) is 3. The van der Waals surface area contributed by atoms with E-state index in [1.54, 1.807) is 0 Å². The molecule has 1 aliphatic heterocycles. The predicted molar refractivity (Wildman–Crippen MR) is 54.3 cm³/mol. The van der Waals surface area contributed by atoms with E-state index >= 15 is 0 Å². The van der Waals surface area contributed by atoms with Gasteiger partial charge in [0, 0.05) is 12.6 Å². The van der Waals surface area contributed by atoms with Crippen molar-refractivity contribution in [2.45, 2.75) is 31.7 Å². The molecule has 1 heterocycles. The molecular formula is C9H19NOS. The lowest BCUT2D eigenvalue weighted by Gasteiger charge is -2.26. The summed E-state index contributed by atoms with van der Waals surface area (Å²) in [5, 5.41) is 8.65. The molecule has 0 saturated carbocycles. The summed E-state index contributed by atoms with van der Waals surface area (Å²) in [6.07, 6.45) is 4.41. The number of rotatable bonds is 4. The molecule has 3 heteroatoms. The smallest absolute Gasteiger partial charge is 0.0431 e. The molecule has 0 bridgehead atoms. The predicted octanol–water partition coefficient (Wildman–Crippen LogP) is 1.23. The molecule has 1 rings (SSSR count). The first-order valence-corrected chi connectivity index (χ1v) is 5.94. The largest absolute Gasteiger partial charge is 0.396 e. The van der Waals surface area contributed by atoms with E-state index < -0.39 is 0 Å². The Morgan fingerprint density at radius 1 is 1.42 bits per heavy atom. The van der Waals surface area contributed by atoms with E-state index in [4.69, 9.17) is 10.8 Å². The maximum absolute atomic E-state index is 8.65. The highest BCUT2D eigenvalue weighted by Gasteiger charge is 2.19. The molecule has 0 aliphatic carbocycles. The fraction of sp³-hybridized carbons (Fsp3) is 1.00. The number of nitrogens with two attached hydrogens (primary N) is 1. The first-order valence-electron chi connectivity index (χ1n) is 4.78. The van der Waals surface area contributed by atoms with Gasteiger partial charge in [-0.25, -0.2) is 0 Å². The molecule has 1 fully saturated rings. The Morgan fingerprint density at radius 3 is 2.67 bits per heavy atom. The van der Waals surface area contributed by atoms with Crippen molar-refractivity contribution < 1.29 is 5.11 Å². The van der Waals surface area contributed by atoms with E-state index in [1.165, 1.54) is 24.3 Å². The lowest BCUT2D eigenvalue weighted by Crippen LogP contribution is -2.32. The molecule has 1 aliphatic rings. The Hall–Kier alpha value is 0.270. The molecule has 0 amide bonds. The molecule has 72 valence electrons. The van der Waals surface area contributed by atoms with Gasteiger partial charge in [-0.15, -0.1) is 0 Å². The third-order valence-electron chi connectivity index (χ3n) is 2.57. The minimum absolute atomic E-state index is 0.287.